The van der Waals surface area contributed by atoms with Crippen molar-refractivity contribution in [1.82, 2.24) is 4.90 Å². The molecule has 1 aromatic carbocycles. The van der Waals surface area contributed by atoms with Crippen LogP contribution in [0.5, 0.6) is 0 Å². The third-order valence-corrected chi connectivity index (χ3v) is 3.78. The fourth-order valence-corrected chi connectivity index (χ4v) is 2.51. The van der Waals surface area contributed by atoms with Gasteiger partial charge in [0.1, 0.15) is 0 Å². The van der Waals surface area contributed by atoms with Crippen LogP contribution in [0.3, 0.4) is 0 Å². The first-order chi connectivity index (χ1) is 9.71. The van der Waals surface area contributed by atoms with Gasteiger partial charge in [-0.1, -0.05) is 12.1 Å². The number of amides is 1. The molecule has 0 radical (unpaired) electrons. The first kappa shape index (κ1) is 15.0. The lowest BCUT2D eigenvalue weighted by molar-refractivity contribution is -0.117. The topological polar surface area (TPSA) is 78.6 Å². The maximum Gasteiger partial charge on any atom is 0.238 e. The SMILES string of the molecule is NCc1cccc(NC(=O)CN2CCC(CO)CC2)c1. The molecule has 1 aliphatic rings. The molecule has 1 amide bonds. The van der Waals surface area contributed by atoms with E-state index in [-0.39, 0.29) is 12.5 Å². The van der Waals surface area contributed by atoms with E-state index in [2.05, 4.69) is 10.2 Å². The highest BCUT2D eigenvalue weighted by Crippen LogP contribution is 2.16. The van der Waals surface area contributed by atoms with Crippen LogP contribution in [0.1, 0.15) is 18.4 Å². The Morgan fingerprint density at radius 1 is 1.40 bits per heavy atom. The van der Waals surface area contributed by atoms with Gasteiger partial charge in [-0.3, -0.25) is 9.69 Å². The van der Waals surface area contributed by atoms with Crippen LogP contribution in [0.15, 0.2) is 24.3 Å². The summed E-state index contributed by atoms with van der Waals surface area (Å²) in [6.07, 6.45) is 1.93. The van der Waals surface area contributed by atoms with Gasteiger partial charge < -0.3 is 16.2 Å². The van der Waals surface area contributed by atoms with Gasteiger partial charge in [0.25, 0.3) is 0 Å². The number of nitrogens with two attached hydrogens (primary N) is 1. The molecule has 5 nitrogen and oxygen atoms in total. The largest absolute Gasteiger partial charge is 0.396 e. The van der Waals surface area contributed by atoms with Crippen molar-refractivity contribution in [3.8, 4) is 0 Å². The third-order valence-electron chi connectivity index (χ3n) is 3.78. The van der Waals surface area contributed by atoms with Crippen molar-refractivity contribution in [2.45, 2.75) is 19.4 Å². The maximum atomic E-state index is 12.0. The summed E-state index contributed by atoms with van der Waals surface area (Å²) in [7, 11) is 0. The van der Waals surface area contributed by atoms with E-state index in [4.69, 9.17) is 10.8 Å². The molecule has 1 fully saturated rings. The van der Waals surface area contributed by atoms with Crippen molar-refractivity contribution in [3.05, 3.63) is 29.8 Å². The molecular formula is C15H23N3O2. The molecule has 1 aromatic rings. The summed E-state index contributed by atoms with van der Waals surface area (Å²) < 4.78 is 0. The molecule has 4 N–H and O–H groups in total. The molecular weight excluding hydrogens is 254 g/mol. The number of hydrogen-bond donors (Lipinski definition) is 3. The van der Waals surface area contributed by atoms with E-state index in [1.54, 1.807) is 0 Å². The molecule has 1 saturated heterocycles. The molecule has 20 heavy (non-hydrogen) atoms. The Labute approximate surface area is 119 Å². The van der Waals surface area contributed by atoms with Gasteiger partial charge >= 0.3 is 0 Å². The number of benzene rings is 1. The lowest BCUT2D eigenvalue weighted by Crippen LogP contribution is -2.39. The van der Waals surface area contributed by atoms with E-state index in [1.165, 1.54) is 0 Å². The molecule has 1 aliphatic heterocycles. The number of anilines is 1. The van der Waals surface area contributed by atoms with Crippen molar-refractivity contribution in [2.75, 3.05) is 31.6 Å². The third kappa shape index (κ3) is 4.30. The van der Waals surface area contributed by atoms with Crippen molar-refractivity contribution in [2.24, 2.45) is 11.7 Å². The standard InChI is InChI=1S/C15H23N3O2/c16-9-13-2-1-3-14(8-13)17-15(20)10-18-6-4-12(11-19)5-7-18/h1-3,8,12,19H,4-7,9-11,16H2,(H,17,20). The minimum atomic E-state index is 0.00150. The molecule has 0 aromatic heterocycles. The molecule has 0 unspecified atom stereocenters. The number of nitrogens with zero attached hydrogens (tertiary/aromatic N) is 1. The molecule has 110 valence electrons. The number of rotatable bonds is 5. The Kier molecular flexibility index (Phi) is 5.52. The molecule has 0 spiro atoms. The van der Waals surface area contributed by atoms with Gasteiger partial charge in [-0.2, -0.15) is 0 Å². The first-order valence-electron chi connectivity index (χ1n) is 7.13. The predicted molar refractivity (Wildman–Crippen MR) is 79.2 cm³/mol. The number of aliphatic hydroxyl groups is 1. The van der Waals surface area contributed by atoms with E-state index in [1.807, 2.05) is 24.3 Å². The summed E-state index contributed by atoms with van der Waals surface area (Å²) in [5.74, 6) is 0.400. The van der Waals surface area contributed by atoms with E-state index < -0.39 is 0 Å². The average molecular weight is 277 g/mol. The summed E-state index contributed by atoms with van der Waals surface area (Å²) in [5.41, 5.74) is 7.38. The van der Waals surface area contributed by atoms with Crippen molar-refractivity contribution in [3.63, 3.8) is 0 Å². The molecule has 0 bridgehead atoms. The second-order valence-corrected chi connectivity index (χ2v) is 5.35. The zero-order chi connectivity index (χ0) is 14.4. The number of likely N-dealkylation sites (tertiary alicyclic amines) is 1. The highest BCUT2D eigenvalue weighted by Gasteiger charge is 2.20. The van der Waals surface area contributed by atoms with E-state index in [0.717, 1.165) is 37.2 Å². The zero-order valence-electron chi connectivity index (χ0n) is 11.7. The number of nitrogens with one attached hydrogen (secondary N) is 1. The fourth-order valence-electron chi connectivity index (χ4n) is 2.51. The minimum absolute atomic E-state index is 0.00150. The van der Waals surface area contributed by atoms with Gasteiger partial charge in [0.05, 0.1) is 6.54 Å². The maximum absolute atomic E-state index is 12.0. The molecule has 0 atom stereocenters. The summed E-state index contributed by atoms with van der Waals surface area (Å²) in [6.45, 7) is 2.89. The quantitative estimate of drug-likeness (QED) is 0.743. The van der Waals surface area contributed by atoms with Crippen LogP contribution in [-0.2, 0) is 11.3 Å². The highest BCUT2D eigenvalue weighted by atomic mass is 16.3. The van der Waals surface area contributed by atoms with Gasteiger partial charge in [0.2, 0.25) is 5.91 Å². The fraction of sp³-hybridized carbons (Fsp3) is 0.533. The predicted octanol–water partition coefficient (Wildman–Crippen LogP) is 0.788. The van der Waals surface area contributed by atoms with Gasteiger partial charge in [-0.05, 0) is 49.5 Å². The van der Waals surface area contributed by atoms with Crippen LogP contribution in [0, 0.1) is 5.92 Å². The average Bonchev–Trinajstić information content (AvgIpc) is 2.48. The highest BCUT2D eigenvalue weighted by molar-refractivity contribution is 5.92. The lowest BCUT2D eigenvalue weighted by Gasteiger charge is -2.30. The van der Waals surface area contributed by atoms with Crippen LogP contribution in [0.4, 0.5) is 5.69 Å². The number of hydrogen-bond acceptors (Lipinski definition) is 4. The minimum Gasteiger partial charge on any atom is -0.396 e. The van der Waals surface area contributed by atoms with Gasteiger partial charge in [-0.15, -0.1) is 0 Å². The van der Waals surface area contributed by atoms with Crippen molar-refractivity contribution >= 4 is 11.6 Å². The Bertz CT molecular complexity index is 442. The van der Waals surface area contributed by atoms with E-state index in [9.17, 15) is 4.79 Å². The summed E-state index contributed by atoms with van der Waals surface area (Å²) in [5, 5.41) is 12.0. The Hall–Kier alpha value is -1.43. The molecule has 0 saturated carbocycles. The number of aliphatic hydroxyl groups excluding tert-OH is 1. The summed E-state index contributed by atoms with van der Waals surface area (Å²) in [4.78, 5) is 14.1. The van der Waals surface area contributed by atoms with Crippen LogP contribution >= 0.6 is 0 Å². The second-order valence-electron chi connectivity index (χ2n) is 5.35. The smallest absolute Gasteiger partial charge is 0.238 e. The Morgan fingerprint density at radius 3 is 2.80 bits per heavy atom. The van der Waals surface area contributed by atoms with Crippen molar-refractivity contribution < 1.29 is 9.90 Å². The Morgan fingerprint density at radius 2 is 2.15 bits per heavy atom. The van der Waals surface area contributed by atoms with E-state index in [0.29, 0.717) is 19.0 Å². The number of piperidine rings is 1. The number of carbonyl (C=O) groups excluding carboxylic acids is 1. The van der Waals surface area contributed by atoms with E-state index >= 15 is 0 Å². The molecule has 5 heteroatoms. The van der Waals surface area contributed by atoms with Crippen LogP contribution in [0.25, 0.3) is 0 Å². The normalized spacial score (nSPS) is 17.1. The van der Waals surface area contributed by atoms with Crippen LogP contribution in [0.2, 0.25) is 0 Å². The molecule has 2 rings (SSSR count). The lowest BCUT2D eigenvalue weighted by atomic mass is 9.98. The van der Waals surface area contributed by atoms with Crippen LogP contribution in [-0.4, -0.2) is 42.2 Å². The second kappa shape index (κ2) is 7.38. The van der Waals surface area contributed by atoms with Gasteiger partial charge in [0, 0.05) is 18.8 Å². The molecule has 1 heterocycles. The zero-order valence-corrected chi connectivity index (χ0v) is 11.7. The number of carbonyl (C=O) groups is 1. The first-order valence-corrected chi connectivity index (χ1v) is 7.13. The van der Waals surface area contributed by atoms with Crippen LogP contribution < -0.4 is 11.1 Å². The molecule has 0 aliphatic carbocycles. The Balaban J connectivity index is 1.80. The van der Waals surface area contributed by atoms with Crippen molar-refractivity contribution in [1.29, 1.82) is 0 Å². The summed E-state index contributed by atoms with van der Waals surface area (Å²) in [6, 6.07) is 7.60. The van der Waals surface area contributed by atoms with Gasteiger partial charge in [0.15, 0.2) is 0 Å². The summed E-state index contributed by atoms with van der Waals surface area (Å²) >= 11 is 0. The van der Waals surface area contributed by atoms with Gasteiger partial charge in [-0.25, -0.2) is 0 Å². The monoisotopic (exact) mass is 277 g/mol.